The molecule has 0 saturated heterocycles. The van der Waals surface area contributed by atoms with Crippen molar-refractivity contribution in [3.63, 3.8) is 0 Å². The monoisotopic (exact) mass is 420 g/mol. The summed E-state index contributed by atoms with van der Waals surface area (Å²) >= 11 is 0. The fourth-order valence-corrected chi connectivity index (χ4v) is 3.54. The number of H-pyrrole nitrogens is 1. The number of methoxy groups -OCH3 is 1. The maximum atomic E-state index is 14.3. The molecule has 5 rings (SSSR count). The van der Waals surface area contributed by atoms with Crippen molar-refractivity contribution in [2.24, 2.45) is 10.9 Å². The van der Waals surface area contributed by atoms with Crippen LogP contribution in [0.2, 0.25) is 0 Å². The lowest BCUT2D eigenvalue weighted by Gasteiger charge is -2.08. The fraction of sp³-hybridized carbons (Fsp3) is 0.182. The Kier molecular flexibility index (Phi) is 4.58. The van der Waals surface area contributed by atoms with Crippen LogP contribution in [-0.4, -0.2) is 38.4 Å². The molecule has 1 saturated carbocycles. The summed E-state index contributed by atoms with van der Waals surface area (Å²) in [6.07, 6.45) is 6.91. The highest BCUT2D eigenvalue weighted by molar-refractivity contribution is 6.03. The summed E-state index contributed by atoms with van der Waals surface area (Å²) in [5, 5.41) is 15.2. The number of rotatable bonds is 4. The molecule has 156 valence electrons. The lowest BCUT2D eigenvalue weighted by Crippen LogP contribution is -2.09. The standard InChI is InChI=1S/C22H18F2N6O/c1-31-22(12-5-6-12)28-21(25)17-10-26-18-8-7-13(11-30(17)18)14-9-27-29-20(14)19-15(23)3-2-4-16(19)24/h2-4,7-12,25H,5-6H2,1H3,(H,27,29)/b25-21?,28-22-. The van der Waals surface area contributed by atoms with E-state index in [9.17, 15) is 8.78 Å². The molecule has 9 heteroatoms. The molecular formula is C22H18F2N6O. The summed E-state index contributed by atoms with van der Waals surface area (Å²) in [4.78, 5) is 8.66. The molecule has 0 unspecified atom stereocenters. The Bertz CT molecular complexity index is 1310. The van der Waals surface area contributed by atoms with Gasteiger partial charge in [-0.1, -0.05) is 6.07 Å². The molecule has 1 aliphatic rings. The van der Waals surface area contributed by atoms with Crippen LogP contribution >= 0.6 is 0 Å². The van der Waals surface area contributed by atoms with Gasteiger partial charge >= 0.3 is 0 Å². The number of nitrogens with one attached hydrogen (secondary N) is 2. The van der Waals surface area contributed by atoms with Gasteiger partial charge in [0.25, 0.3) is 0 Å². The lowest BCUT2D eigenvalue weighted by atomic mass is 10.0. The summed E-state index contributed by atoms with van der Waals surface area (Å²) in [5.41, 5.74) is 2.25. The van der Waals surface area contributed by atoms with E-state index in [1.807, 2.05) is 0 Å². The van der Waals surface area contributed by atoms with Crippen LogP contribution in [-0.2, 0) is 4.74 Å². The number of halogens is 2. The first-order valence-electron chi connectivity index (χ1n) is 9.74. The van der Waals surface area contributed by atoms with Crippen LogP contribution in [0.25, 0.3) is 28.0 Å². The normalized spacial score (nSPS) is 14.2. The number of pyridine rings is 1. The van der Waals surface area contributed by atoms with E-state index in [1.165, 1.54) is 18.2 Å². The zero-order valence-corrected chi connectivity index (χ0v) is 16.6. The Balaban J connectivity index is 1.59. The van der Waals surface area contributed by atoms with Crippen molar-refractivity contribution in [1.29, 1.82) is 5.41 Å². The maximum Gasteiger partial charge on any atom is 0.192 e. The summed E-state index contributed by atoms with van der Waals surface area (Å²) in [6.45, 7) is 0. The van der Waals surface area contributed by atoms with Gasteiger partial charge in [-0.25, -0.2) is 13.8 Å². The van der Waals surface area contributed by atoms with Gasteiger partial charge in [0.05, 0.1) is 18.9 Å². The highest BCUT2D eigenvalue weighted by atomic mass is 19.1. The van der Waals surface area contributed by atoms with Crippen molar-refractivity contribution < 1.29 is 13.5 Å². The van der Waals surface area contributed by atoms with Crippen molar-refractivity contribution in [3.8, 4) is 22.4 Å². The van der Waals surface area contributed by atoms with Gasteiger partial charge in [-0.3, -0.25) is 14.9 Å². The molecule has 2 N–H and O–H groups in total. The first-order chi connectivity index (χ1) is 15.1. The van der Waals surface area contributed by atoms with Crippen LogP contribution in [0, 0.1) is 23.0 Å². The summed E-state index contributed by atoms with van der Waals surface area (Å²) in [7, 11) is 1.55. The first kappa shape index (κ1) is 19.1. The van der Waals surface area contributed by atoms with Gasteiger partial charge in [-0.05, 0) is 37.1 Å². The van der Waals surface area contributed by atoms with Crippen LogP contribution in [0.4, 0.5) is 8.78 Å². The molecule has 3 heterocycles. The van der Waals surface area contributed by atoms with E-state index < -0.39 is 11.6 Å². The topological polar surface area (TPSA) is 91.4 Å². The minimum Gasteiger partial charge on any atom is -0.484 e. The van der Waals surface area contributed by atoms with Crippen molar-refractivity contribution in [2.75, 3.05) is 7.11 Å². The third kappa shape index (κ3) is 3.37. The lowest BCUT2D eigenvalue weighted by molar-refractivity contribution is 0.387. The Labute approximate surface area is 175 Å². The number of hydrogen-bond acceptors (Lipinski definition) is 4. The molecular weight excluding hydrogens is 402 g/mol. The summed E-state index contributed by atoms with van der Waals surface area (Å²) in [6, 6.07) is 7.26. The van der Waals surface area contributed by atoms with Crippen LogP contribution in [0.3, 0.4) is 0 Å². The molecule has 1 fully saturated rings. The third-order valence-corrected chi connectivity index (χ3v) is 5.26. The van der Waals surface area contributed by atoms with Gasteiger partial charge in [0, 0.05) is 29.4 Å². The third-order valence-electron chi connectivity index (χ3n) is 5.26. The predicted molar refractivity (Wildman–Crippen MR) is 112 cm³/mol. The second-order valence-electron chi connectivity index (χ2n) is 7.31. The zero-order chi connectivity index (χ0) is 21.5. The number of aliphatic imine (C=N–C) groups is 1. The maximum absolute atomic E-state index is 14.3. The number of imidazole rings is 1. The van der Waals surface area contributed by atoms with Crippen LogP contribution in [0.15, 0.2) is 53.9 Å². The van der Waals surface area contributed by atoms with Crippen molar-refractivity contribution in [3.05, 3.63) is 66.3 Å². The van der Waals surface area contributed by atoms with Crippen LogP contribution in [0.1, 0.15) is 18.5 Å². The van der Waals surface area contributed by atoms with Crippen molar-refractivity contribution in [1.82, 2.24) is 19.6 Å². The molecule has 1 aliphatic carbocycles. The molecule has 0 atom stereocenters. The Hall–Kier alpha value is -3.88. The second kappa shape index (κ2) is 7.42. The van der Waals surface area contributed by atoms with Crippen LogP contribution in [0.5, 0.6) is 0 Å². The van der Waals surface area contributed by atoms with E-state index in [0.29, 0.717) is 28.4 Å². The number of benzene rings is 1. The molecule has 7 nitrogen and oxygen atoms in total. The van der Waals surface area contributed by atoms with E-state index in [4.69, 9.17) is 10.1 Å². The molecule has 0 bridgehead atoms. The average Bonchev–Trinajstić information content (AvgIpc) is 3.34. The van der Waals surface area contributed by atoms with Crippen LogP contribution < -0.4 is 0 Å². The first-order valence-corrected chi connectivity index (χ1v) is 9.74. The fourth-order valence-electron chi connectivity index (χ4n) is 3.54. The Morgan fingerprint density at radius 2 is 2.00 bits per heavy atom. The zero-order valence-electron chi connectivity index (χ0n) is 16.6. The van der Waals surface area contributed by atoms with E-state index >= 15 is 0 Å². The van der Waals surface area contributed by atoms with E-state index in [2.05, 4.69) is 20.2 Å². The Morgan fingerprint density at radius 3 is 2.71 bits per heavy atom. The molecule has 31 heavy (non-hydrogen) atoms. The molecule has 0 radical (unpaired) electrons. The van der Waals surface area contributed by atoms with Gasteiger partial charge in [0.2, 0.25) is 0 Å². The summed E-state index contributed by atoms with van der Waals surface area (Å²) < 4.78 is 35.7. The average molecular weight is 420 g/mol. The predicted octanol–water partition coefficient (Wildman–Crippen LogP) is 4.45. The molecule has 0 aliphatic heterocycles. The largest absolute Gasteiger partial charge is 0.484 e. The highest BCUT2D eigenvalue weighted by Crippen LogP contribution is 2.34. The van der Waals surface area contributed by atoms with Crippen molar-refractivity contribution >= 4 is 17.4 Å². The molecule has 1 aromatic carbocycles. The Morgan fingerprint density at radius 1 is 1.23 bits per heavy atom. The quantitative estimate of drug-likeness (QED) is 0.377. The molecule has 0 spiro atoms. The number of fused-ring (bicyclic) bond motifs is 1. The smallest absolute Gasteiger partial charge is 0.192 e. The molecule has 0 amide bonds. The second-order valence-corrected chi connectivity index (χ2v) is 7.31. The van der Waals surface area contributed by atoms with Gasteiger partial charge in [0.15, 0.2) is 11.7 Å². The number of amidine groups is 1. The minimum absolute atomic E-state index is 0.0287. The summed E-state index contributed by atoms with van der Waals surface area (Å²) in [5.74, 6) is -0.546. The number of aromatic amines is 1. The van der Waals surface area contributed by atoms with E-state index in [1.54, 1.807) is 42.2 Å². The van der Waals surface area contributed by atoms with Gasteiger partial charge in [-0.15, -0.1) is 0 Å². The van der Waals surface area contributed by atoms with Gasteiger partial charge in [-0.2, -0.15) is 10.1 Å². The SMILES string of the molecule is CO/C(=N\C(=N)c1cnc2ccc(-c3c[nH]nc3-c3c(F)cccc3F)cn12)C1CC1. The number of nitrogens with zero attached hydrogens (tertiary/aromatic N) is 4. The van der Waals surface area contributed by atoms with Gasteiger partial charge < -0.3 is 4.74 Å². The molecule has 3 aromatic heterocycles. The number of ether oxygens (including phenoxy) is 1. The van der Waals surface area contributed by atoms with Crippen molar-refractivity contribution in [2.45, 2.75) is 12.8 Å². The number of aromatic nitrogens is 4. The van der Waals surface area contributed by atoms with E-state index in [-0.39, 0.29) is 23.0 Å². The highest BCUT2D eigenvalue weighted by Gasteiger charge is 2.29. The molecule has 4 aromatic rings. The number of hydrogen-bond donors (Lipinski definition) is 2. The minimum atomic E-state index is -0.693. The van der Waals surface area contributed by atoms with E-state index in [0.717, 1.165) is 12.8 Å². The van der Waals surface area contributed by atoms with Gasteiger partial charge in [0.1, 0.15) is 28.7 Å².